The Morgan fingerprint density at radius 2 is 1.92 bits per heavy atom. The summed E-state index contributed by atoms with van der Waals surface area (Å²) in [6.07, 6.45) is 3.23. The van der Waals surface area contributed by atoms with Gasteiger partial charge in [0.15, 0.2) is 0 Å². The second-order valence-corrected chi connectivity index (χ2v) is 7.56. The Labute approximate surface area is 156 Å². The van der Waals surface area contributed by atoms with Gasteiger partial charge in [0.1, 0.15) is 5.60 Å². The summed E-state index contributed by atoms with van der Waals surface area (Å²) >= 11 is 0. The Morgan fingerprint density at radius 3 is 2.69 bits per heavy atom. The minimum atomic E-state index is -0.898. The highest BCUT2D eigenvalue weighted by Gasteiger charge is 2.35. The molecule has 0 saturated carbocycles. The Hall–Kier alpha value is -1.47. The fourth-order valence-electron chi connectivity index (χ4n) is 3.83. The normalized spacial score (nSPS) is 25.1. The monoisotopic (exact) mass is 361 g/mol. The van der Waals surface area contributed by atoms with Crippen LogP contribution in [0.25, 0.3) is 0 Å². The Bertz CT molecular complexity index is 563. The third-order valence-electron chi connectivity index (χ3n) is 5.10. The molecule has 0 spiro atoms. The van der Waals surface area contributed by atoms with E-state index in [9.17, 15) is 9.90 Å². The minimum absolute atomic E-state index is 0.00588. The Balaban J connectivity index is 1.44. The number of hydrogen-bond donors (Lipinski definition) is 2. The molecule has 144 valence electrons. The van der Waals surface area contributed by atoms with E-state index in [1.807, 2.05) is 23.1 Å². The molecular formula is C20H31N3O3. The first-order chi connectivity index (χ1) is 12.6. The number of aliphatic hydroxyl groups is 1. The SMILES string of the molecule is O=C(CN1CCOC[C@@](O)(CN2CCCC2)C1)NCCc1ccccc1. The fourth-order valence-corrected chi connectivity index (χ4v) is 3.83. The third-order valence-corrected chi connectivity index (χ3v) is 5.10. The molecule has 2 N–H and O–H groups in total. The van der Waals surface area contributed by atoms with E-state index in [0.717, 1.165) is 19.5 Å². The minimum Gasteiger partial charge on any atom is -0.385 e. The van der Waals surface area contributed by atoms with Gasteiger partial charge in [-0.3, -0.25) is 9.69 Å². The van der Waals surface area contributed by atoms with Crippen LogP contribution in [-0.4, -0.2) is 85.4 Å². The summed E-state index contributed by atoms with van der Waals surface area (Å²) in [6, 6.07) is 10.1. The molecule has 2 heterocycles. The number of benzene rings is 1. The first-order valence-electron chi connectivity index (χ1n) is 9.68. The van der Waals surface area contributed by atoms with Gasteiger partial charge in [0, 0.05) is 26.2 Å². The van der Waals surface area contributed by atoms with Gasteiger partial charge >= 0.3 is 0 Å². The number of carbonyl (C=O) groups is 1. The number of nitrogens with zero attached hydrogens (tertiary/aromatic N) is 2. The van der Waals surface area contributed by atoms with Crippen molar-refractivity contribution in [2.75, 3.05) is 59.0 Å². The van der Waals surface area contributed by atoms with Gasteiger partial charge in [0.25, 0.3) is 0 Å². The summed E-state index contributed by atoms with van der Waals surface area (Å²) in [5, 5.41) is 14.0. The summed E-state index contributed by atoms with van der Waals surface area (Å²) in [7, 11) is 0. The number of ether oxygens (including phenoxy) is 1. The van der Waals surface area contributed by atoms with Crippen molar-refractivity contribution in [2.24, 2.45) is 0 Å². The quantitative estimate of drug-likeness (QED) is 0.741. The lowest BCUT2D eigenvalue weighted by Crippen LogP contribution is -2.53. The highest BCUT2D eigenvalue weighted by molar-refractivity contribution is 5.78. The van der Waals surface area contributed by atoms with Crippen LogP contribution in [0.15, 0.2) is 30.3 Å². The molecule has 1 aromatic carbocycles. The van der Waals surface area contributed by atoms with Gasteiger partial charge in [-0.05, 0) is 37.9 Å². The number of nitrogens with one attached hydrogen (secondary N) is 1. The molecule has 6 nitrogen and oxygen atoms in total. The van der Waals surface area contributed by atoms with Crippen LogP contribution in [0.4, 0.5) is 0 Å². The van der Waals surface area contributed by atoms with Gasteiger partial charge in [0.05, 0.1) is 19.8 Å². The molecule has 3 rings (SSSR count). The van der Waals surface area contributed by atoms with Crippen molar-refractivity contribution in [1.82, 2.24) is 15.1 Å². The van der Waals surface area contributed by atoms with Crippen LogP contribution in [0.3, 0.4) is 0 Å². The molecule has 0 aliphatic carbocycles. The summed E-state index contributed by atoms with van der Waals surface area (Å²) in [6.45, 7) is 5.70. The molecule has 1 aromatic rings. The van der Waals surface area contributed by atoms with Gasteiger partial charge < -0.3 is 20.1 Å². The molecular weight excluding hydrogens is 330 g/mol. The molecule has 0 unspecified atom stereocenters. The molecule has 2 fully saturated rings. The van der Waals surface area contributed by atoms with Crippen molar-refractivity contribution in [3.8, 4) is 0 Å². The standard InChI is InChI=1S/C20H31N3O3/c24-19(21-9-8-18-6-2-1-3-7-18)14-23-12-13-26-17-20(25,16-23)15-22-10-4-5-11-22/h1-3,6-7,25H,4-5,8-17H2,(H,21,24)/t20-/m1/s1. The van der Waals surface area contributed by atoms with Gasteiger partial charge in [-0.25, -0.2) is 0 Å². The molecule has 0 bridgehead atoms. The maximum Gasteiger partial charge on any atom is 0.234 e. The number of rotatable bonds is 7. The maximum absolute atomic E-state index is 12.3. The van der Waals surface area contributed by atoms with E-state index in [0.29, 0.717) is 45.9 Å². The number of carbonyl (C=O) groups excluding carboxylic acids is 1. The van der Waals surface area contributed by atoms with Crippen LogP contribution >= 0.6 is 0 Å². The zero-order valence-corrected chi connectivity index (χ0v) is 15.5. The maximum atomic E-state index is 12.3. The lowest BCUT2D eigenvalue weighted by Gasteiger charge is -2.33. The molecule has 26 heavy (non-hydrogen) atoms. The Morgan fingerprint density at radius 1 is 1.15 bits per heavy atom. The van der Waals surface area contributed by atoms with Crippen LogP contribution in [0.5, 0.6) is 0 Å². The van der Waals surface area contributed by atoms with E-state index >= 15 is 0 Å². The van der Waals surface area contributed by atoms with Crippen molar-refractivity contribution in [2.45, 2.75) is 24.9 Å². The molecule has 1 atom stereocenters. The van der Waals surface area contributed by atoms with Crippen LogP contribution < -0.4 is 5.32 Å². The van der Waals surface area contributed by atoms with Gasteiger partial charge in [-0.15, -0.1) is 0 Å². The largest absolute Gasteiger partial charge is 0.385 e. The average molecular weight is 361 g/mol. The summed E-state index contributed by atoms with van der Waals surface area (Å²) in [5.41, 5.74) is 0.321. The van der Waals surface area contributed by atoms with Crippen LogP contribution in [0.1, 0.15) is 18.4 Å². The lowest BCUT2D eigenvalue weighted by molar-refractivity contribution is -0.123. The highest BCUT2D eigenvalue weighted by atomic mass is 16.5. The van der Waals surface area contributed by atoms with E-state index < -0.39 is 5.60 Å². The van der Waals surface area contributed by atoms with Crippen molar-refractivity contribution >= 4 is 5.91 Å². The second kappa shape index (κ2) is 9.46. The topological polar surface area (TPSA) is 65.0 Å². The number of β-amino-alcohol motifs (C(OH)–C–C–N with tert-alkyl or cyclic N) is 1. The molecule has 0 aromatic heterocycles. The average Bonchev–Trinajstić information content (AvgIpc) is 3.05. The van der Waals surface area contributed by atoms with E-state index in [1.165, 1.54) is 18.4 Å². The summed E-state index contributed by atoms with van der Waals surface area (Å²) < 4.78 is 5.62. The van der Waals surface area contributed by atoms with E-state index in [2.05, 4.69) is 22.3 Å². The van der Waals surface area contributed by atoms with Gasteiger partial charge in [-0.1, -0.05) is 30.3 Å². The third kappa shape index (κ3) is 6.06. The molecule has 2 aliphatic heterocycles. The van der Waals surface area contributed by atoms with Crippen molar-refractivity contribution in [1.29, 1.82) is 0 Å². The first-order valence-corrected chi connectivity index (χ1v) is 9.68. The smallest absolute Gasteiger partial charge is 0.234 e. The second-order valence-electron chi connectivity index (χ2n) is 7.56. The van der Waals surface area contributed by atoms with E-state index in [4.69, 9.17) is 4.74 Å². The predicted octanol–water partition coefficient (Wildman–Crippen LogP) is 0.504. The van der Waals surface area contributed by atoms with Crippen LogP contribution in [-0.2, 0) is 16.0 Å². The summed E-state index contributed by atoms with van der Waals surface area (Å²) in [4.78, 5) is 16.6. The molecule has 0 radical (unpaired) electrons. The van der Waals surface area contributed by atoms with Gasteiger partial charge in [-0.2, -0.15) is 0 Å². The van der Waals surface area contributed by atoms with Crippen LogP contribution in [0, 0.1) is 0 Å². The molecule has 6 heteroatoms. The van der Waals surface area contributed by atoms with Crippen molar-refractivity contribution in [3.63, 3.8) is 0 Å². The number of hydrogen-bond acceptors (Lipinski definition) is 5. The van der Waals surface area contributed by atoms with Gasteiger partial charge in [0.2, 0.25) is 5.91 Å². The lowest BCUT2D eigenvalue weighted by atomic mass is 10.0. The zero-order valence-electron chi connectivity index (χ0n) is 15.5. The molecule has 2 aliphatic rings. The number of amides is 1. The number of likely N-dealkylation sites (tertiary alicyclic amines) is 1. The highest BCUT2D eigenvalue weighted by Crippen LogP contribution is 2.17. The molecule has 2 saturated heterocycles. The van der Waals surface area contributed by atoms with Crippen molar-refractivity contribution < 1.29 is 14.6 Å². The van der Waals surface area contributed by atoms with E-state index in [-0.39, 0.29) is 5.91 Å². The molecule has 1 amide bonds. The predicted molar refractivity (Wildman–Crippen MR) is 101 cm³/mol. The fraction of sp³-hybridized carbons (Fsp3) is 0.650. The first kappa shape index (κ1) is 19.3. The van der Waals surface area contributed by atoms with Crippen molar-refractivity contribution in [3.05, 3.63) is 35.9 Å². The van der Waals surface area contributed by atoms with Crippen LogP contribution in [0.2, 0.25) is 0 Å². The van der Waals surface area contributed by atoms with E-state index in [1.54, 1.807) is 0 Å². The summed E-state index contributed by atoms with van der Waals surface area (Å²) in [5.74, 6) is 0.00588. The Kier molecular flexibility index (Phi) is 7.02. The zero-order chi connectivity index (χ0) is 18.2.